The molecule has 2 rings (SSSR count). The normalized spacial score (nSPS) is 24.6. The van der Waals surface area contributed by atoms with Gasteiger partial charge in [-0.2, -0.15) is 0 Å². The van der Waals surface area contributed by atoms with E-state index in [4.69, 9.17) is 0 Å². The number of carbonyl (C=O) groups is 1. The van der Waals surface area contributed by atoms with Crippen molar-refractivity contribution < 1.29 is 9.90 Å². The molecule has 0 heterocycles. The molecule has 0 atom stereocenters. The summed E-state index contributed by atoms with van der Waals surface area (Å²) in [6.45, 7) is 1.84. The topological polar surface area (TPSA) is 40.5 Å². The van der Waals surface area contributed by atoms with Crippen LogP contribution in [0, 0.1) is 11.3 Å². The van der Waals surface area contributed by atoms with Crippen LogP contribution in [0.5, 0.6) is 0 Å². The number of hydrogen-bond acceptors (Lipinski definition) is 2. The van der Waals surface area contributed by atoms with Crippen molar-refractivity contribution in [1.29, 1.82) is 0 Å². The van der Waals surface area contributed by atoms with Crippen LogP contribution < -0.4 is 0 Å². The van der Waals surface area contributed by atoms with Crippen LogP contribution in [0.3, 0.4) is 0 Å². The maximum Gasteiger partial charge on any atom is 0.310 e. The fourth-order valence-electron chi connectivity index (χ4n) is 3.17. The molecular formula is C14H25NO2. The number of rotatable bonds is 5. The maximum absolute atomic E-state index is 11.6. The van der Waals surface area contributed by atoms with Gasteiger partial charge in [0, 0.05) is 13.1 Å². The van der Waals surface area contributed by atoms with Crippen molar-refractivity contribution in [3.63, 3.8) is 0 Å². The van der Waals surface area contributed by atoms with Gasteiger partial charge in [-0.15, -0.1) is 0 Å². The molecule has 0 unspecified atom stereocenters. The van der Waals surface area contributed by atoms with E-state index < -0.39 is 11.4 Å². The number of aliphatic carboxylic acids is 1. The van der Waals surface area contributed by atoms with Gasteiger partial charge in [0.25, 0.3) is 0 Å². The van der Waals surface area contributed by atoms with E-state index in [0.717, 1.165) is 44.7 Å². The van der Waals surface area contributed by atoms with Gasteiger partial charge in [0.1, 0.15) is 0 Å². The SMILES string of the molecule is CN(CC1CC1)CC1(C(=O)O)CCCCCC1. The molecule has 17 heavy (non-hydrogen) atoms. The summed E-state index contributed by atoms with van der Waals surface area (Å²) in [6.07, 6.45) is 9.01. The molecule has 98 valence electrons. The molecule has 0 aromatic heterocycles. The molecule has 2 aliphatic carbocycles. The van der Waals surface area contributed by atoms with Crippen LogP contribution in [0.2, 0.25) is 0 Å². The van der Waals surface area contributed by atoms with Crippen LogP contribution in [-0.2, 0) is 4.79 Å². The summed E-state index contributed by atoms with van der Waals surface area (Å²) in [4.78, 5) is 13.9. The Hall–Kier alpha value is -0.570. The van der Waals surface area contributed by atoms with Crippen molar-refractivity contribution in [1.82, 2.24) is 4.90 Å². The summed E-state index contributed by atoms with van der Waals surface area (Å²) in [5.74, 6) is 0.277. The Balaban J connectivity index is 1.95. The first kappa shape index (κ1) is 12.9. The molecule has 2 saturated carbocycles. The van der Waals surface area contributed by atoms with Gasteiger partial charge >= 0.3 is 5.97 Å². The summed E-state index contributed by atoms with van der Waals surface area (Å²) < 4.78 is 0. The third-order valence-corrected chi connectivity index (χ3v) is 4.35. The van der Waals surface area contributed by atoms with Crippen molar-refractivity contribution in [2.24, 2.45) is 11.3 Å². The lowest BCUT2D eigenvalue weighted by Gasteiger charge is -2.32. The zero-order valence-electron chi connectivity index (χ0n) is 11.0. The number of carboxylic acids is 1. The Morgan fingerprint density at radius 3 is 2.29 bits per heavy atom. The van der Waals surface area contributed by atoms with E-state index in [1.54, 1.807) is 0 Å². The predicted molar refractivity (Wildman–Crippen MR) is 68.0 cm³/mol. The van der Waals surface area contributed by atoms with Gasteiger partial charge in [-0.3, -0.25) is 4.79 Å². The molecule has 3 nitrogen and oxygen atoms in total. The van der Waals surface area contributed by atoms with Crippen LogP contribution >= 0.6 is 0 Å². The van der Waals surface area contributed by atoms with Crippen molar-refractivity contribution in [2.75, 3.05) is 20.1 Å². The summed E-state index contributed by atoms with van der Waals surface area (Å²) in [7, 11) is 2.09. The maximum atomic E-state index is 11.6. The van der Waals surface area contributed by atoms with E-state index in [2.05, 4.69) is 11.9 Å². The van der Waals surface area contributed by atoms with Crippen molar-refractivity contribution >= 4 is 5.97 Å². The van der Waals surface area contributed by atoms with Crippen molar-refractivity contribution in [2.45, 2.75) is 51.4 Å². The zero-order chi connectivity index (χ0) is 12.3. The quantitative estimate of drug-likeness (QED) is 0.750. The lowest BCUT2D eigenvalue weighted by Crippen LogP contribution is -2.42. The Labute approximate surface area is 104 Å². The summed E-state index contributed by atoms with van der Waals surface area (Å²) >= 11 is 0. The van der Waals surface area contributed by atoms with E-state index >= 15 is 0 Å². The Bertz CT molecular complexity index is 265. The second-order valence-electron chi connectivity index (χ2n) is 6.14. The molecule has 2 fully saturated rings. The third-order valence-electron chi connectivity index (χ3n) is 4.35. The summed E-state index contributed by atoms with van der Waals surface area (Å²) in [5.41, 5.74) is -0.458. The largest absolute Gasteiger partial charge is 0.481 e. The van der Waals surface area contributed by atoms with Gasteiger partial charge in [0.2, 0.25) is 0 Å². The highest BCUT2D eigenvalue weighted by molar-refractivity contribution is 5.75. The van der Waals surface area contributed by atoms with Crippen LogP contribution in [0.25, 0.3) is 0 Å². The molecule has 0 aromatic carbocycles. The van der Waals surface area contributed by atoms with Gasteiger partial charge in [-0.1, -0.05) is 25.7 Å². The van der Waals surface area contributed by atoms with Gasteiger partial charge in [-0.05, 0) is 38.6 Å². The molecule has 2 aliphatic rings. The minimum Gasteiger partial charge on any atom is -0.481 e. The summed E-state index contributed by atoms with van der Waals surface area (Å²) in [6, 6.07) is 0. The van der Waals surface area contributed by atoms with Gasteiger partial charge in [-0.25, -0.2) is 0 Å². The second kappa shape index (κ2) is 5.38. The molecule has 0 aromatic rings. The Morgan fingerprint density at radius 1 is 1.24 bits per heavy atom. The highest BCUT2D eigenvalue weighted by Gasteiger charge is 2.40. The fourth-order valence-corrected chi connectivity index (χ4v) is 3.17. The zero-order valence-corrected chi connectivity index (χ0v) is 11.0. The van der Waals surface area contributed by atoms with Gasteiger partial charge in [0.05, 0.1) is 5.41 Å². The number of carboxylic acid groups (broad SMARTS) is 1. The third kappa shape index (κ3) is 3.44. The summed E-state index contributed by atoms with van der Waals surface area (Å²) in [5, 5.41) is 9.59. The van der Waals surface area contributed by atoms with Crippen LogP contribution in [0.4, 0.5) is 0 Å². The van der Waals surface area contributed by atoms with E-state index in [1.807, 2.05) is 0 Å². The molecule has 3 heteroatoms. The monoisotopic (exact) mass is 239 g/mol. The molecule has 0 saturated heterocycles. The predicted octanol–water partition coefficient (Wildman–Crippen LogP) is 2.75. The standard InChI is InChI=1S/C14H25NO2/c1-15(10-12-6-7-12)11-14(13(16)17)8-4-2-3-5-9-14/h12H,2-11H2,1H3,(H,16,17). The van der Waals surface area contributed by atoms with E-state index in [9.17, 15) is 9.90 Å². The van der Waals surface area contributed by atoms with Crippen molar-refractivity contribution in [3.8, 4) is 0 Å². The molecule has 0 radical (unpaired) electrons. The molecule has 0 amide bonds. The average Bonchev–Trinajstić information content (AvgIpc) is 3.05. The first-order valence-corrected chi connectivity index (χ1v) is 7.04. The molecule has 0 aliphatic heterocycles. The first-order valence-electron chi connectivity index (χ1n) is 7.04. The smallest absolute Gasteiger partial charge is 0.310 e. The first-order chi connectivity index (χ1) is 8.12. The van der Waals surface area contributed by atoms with Gasteiger partial charge < -0.3 is 10.0 Å². The van der Waals surface area contributed by atoms with E-state index in [1.165, 1.54) is 25.7 Å². The second-order valence-corrected chi connectivity index (χ2v) is 6.14. The Morgan fingerprint density at radius 2 is 1.82 bits per heavy atom. The Kier molecular flexibility index (Phi) is 4.08. The van der Waals surface area contributed by atoms with Crippen LogP contribution in [-0.4, -0.2) is 36.1 Å². The van der Waals surface area contributed by atoms with Crippen LogP contribution in [0.1, 0.15) is 51.4 Å². The average molecular weight is 239 g/mol. The minimum atomic E-state index is -0.568. The van der Waals surface area contributed by atoms with Crippen molar-refractivity contribution in [3.05, 3.63) is 0 Å². The lowest BCUT2D eigenvalue weighted by molar-refractivity contribution is -0.151. The molecule has 0 spiro atoms. The van der Waals surface area contributed by atoms with Gasteiger partial charge in [0.15, 0.2) is 0 Å². The van der Waals surface area contributed by atoms with E-state index in [0.29, 0.717) is 0 Å². The highest BCUT2D eigenvalue weighted by Crippen LogP contribution is 2.37. The molecule has 1 N–H and O–H groups in total. The highest BCUT2D eigenvalue weighted by atomic mass is 16.4. The van der Waals surface area contributed by atoms with E-state index in [-0.39, 0.29) is 0 Å². The molecular weight excluding hydrogens is 214 g/mol. The fraction of sp³-hybridized carbons (Fsp3) is 0.929. The number of nitrogens with zero attached hydrogens (tertiary/aromatic N) is 1. The van der Waals surface area contributed by atoms with Crippen LogP contribution in [0.15, 0.2) is 0 Å². The number of hydrogen-bond donors (Lipinski definition) is 1. The molecule has 0 bridgehead atoms. The lowest BCUT2D eigenvalue weighted by atomic mass is 9.80. The minimum absolute atomic E-state index is 0.458.